The van der Waals surface area contributed by atoms with Gasteiger partial charge in [0.1, 0.15) is 6.04 Å². The predicted molar refractivity (Wildman–Crippen MR) is 155 cm³/mol. The number of imide groups is 1. The molecule has 4 heterocycles. The first-order valence-corrected chi connectivity index (χ1v) is 14.5. The van der Waals surface area contributed by atoms with Crippen LogP contribution < -0.4 is 22.1 Å². The van der Waals surface area contributed by atoms with Crippen molar-refractivity contribution in [1.29, 1.82) is 0 Å². The van der Waals surface area contributed by atoms with Gasteiger partial charge in [0.2, 0.25) is 11.8 Å². The van der Waals surface area contributed by atoms with Gasteiger partial charge in [-0.3, -0.25) is 14.5 Å². The van der Waals surface area contributed by atoms with Crippen LogP contribution >= 0.6 is 0 Å². The number of amides is 3. The quantitative estimate of drug-likeness (QED) is 0.264. The lowest BCUT2D eigenvalue weighted by Crippen LogP contribution is -2.75. The lowest BCUT2D eigenvalue weighted by Gasteiger charge is -2.48. The summed E-state index contributed by atoms with van der Waals surface area (Å²) < 4.78 is 5.95. The molecule has 2 aromatic rings. The van der Waals surface area contributed by atoms with Crippen molar-refractivity contribution in [2.75, 3.05) is 19.6 Å². The topological polar surface area (TPSA) is 188 Å². The van der Waals surface area contributed by atoms with Crippen LogP contribution in [0, 0.1) is 0 Å². The molecule has 1 aliphatic carbocycles. The van der Waals surface area contributed by atoms with Crippen LogP contribution in [0.3, 0.4) is 0 Å². The minimum atomic E-state index is -1.60. The lowest BCUT2D eigenvalue weighted by atomic mass is 9.86. The van der Waals surface area contributed by atoms with Gasteiger partial charge < -0.3 is 36.8 Å². The number of alkyl carbamates (subject to hydrolysis) is 1. The van der Waals surface area contributed by atoms with Gasteiger partial charge in [0, 0.05) is 31.7 Å². The van der Waals surface area contributed by atoms with Crippen molar-refractivity contribution in [3.63, 3.8) is 0 Å². The highest BCUT2D eigenvalue weighted by Crippen LogP contribution is 2.66. The summed E-state index contributed by atoms with van der Waals surface area (Å²) in [7, 11) is 0. The summed E-state index contributed by atoms with van der Waals surface area (Å²) in [5.41, 5.74) is 10.6. The van der Waals surface area contributed by atoms with Crippen LogP contribution in [0.25, 0.3) is 0 Å². The average Bonchev–Trinajstić information content (AvgIpc) is 3.19. The van der Waals surface area contributed by atoms with Gasteiger partial charge >= 0.3 is 6.09 Å². The monoisotopic (exact) mass is 586 g/mol. The van der Waals surface area contributed by atoms with Gasteiger partial charge in [0.25, 0.3) is 0 Å². The Morgan fingerprint density at radius 3 is 2.30 bits per heavy atom. The molecule has 0 radical (unpaired) electrons. The molecule has 7 N–H and O–H groups in total. The number of hydrogen-bond donors (Lipinski definition) is 5. The number of piperidine rings is 1. The summed E-state index contributed by atoms with van der Waals surface area (Å²) in [6.07, 6.45) is 0.401. The van der Waals surface area contributed by atoms with Gasteiger partial charge in [-0.15, -0.1) is 0 Å². The van der Waals surface area contributed by atoms with E-state index >= 15 is 0 Å². The van der Waals surface area contributed by atoms with Gasteiger partial charge in [0.15, 0.2) is 28.8 Å². The zero-order chi connectivity index (χ0) is 30.0. The van der Waals surface area contributed by atoms with E-state index in [0.29, 0.717) is 13.0 Å². The van der Waals surface area contributed by atoms with Crippen LogP contribution in [0.15, 0.2) is 70.6 Å². The van der Waals surface area contributed by atoms with E-state index in [1.54, 1.807) is 4.90 Å². The Morgan fingerprint density at radius 2 is 1.67 bits per heavy atom. The number of rotatable bonds is 8. The fourth-order valence-corrected chi connectivity index (χ4v) is 7.43. The lowest BCUT2D eigenvalue weighted by molar-refractivity contribution is -0.139. The van der Waals surface area contributed by atoms with Gasteiger partial charge in [-0.25, -0.2) is 14.8 Å². The third-order valence-electron chi connectivity index (χ3n) is 9.52. The molecule has 2 unspecified atom stereocenters. The molecule has 0 aromatic heterocycles. The number of likely N-dealkylation sites (tertiary alicyclic amines) is 1. The van der Waals surface area contributed by atoms with Crippen molar-refractivity contribution in [2.24, 2.45) is 21.5 Å². The Bertz CT molecular complexity index is 1480. The van der Waals surface area contributed by atoms with Crippen molar-refractivity contribution in [3.05, 3.63) is 71.8 Å². The summed E-state index contributed by atoms with van der Waals surface area (Å²) in [5, 5.41) is 18.0. The highest BCUT2D eigenvalue weighted by molar-refractivity contribution is 6.02. The molecule has 1 saturated carbocycles. The van der Waals surface area contributed by atoms with Crippen LogP contribution in [-0.4, -0.2) is 93.3 Å². The van der Waals surface area contributed by atoms with Crippen LogP contribution in [0.4, 0.5) is 4.79 Å². The van der Waals surface area contributed by atoms with Gasteiger partial charge in [0.05, 0.1) is 19.1 Å². The Hall–Kier alpha value is -4.65. The summed E-state index contributed by atoms with van der Waals surface area (Å²) in [5.74, 6) is -0.353. The number of fused-ring (bicyclic) bond motifs is 1. The number of guanidine groups is 2. The minimum Gasteiger partial charge on any atom is -0.438 e. The fourth-order valence-electron chi connectivity index (χ4n) is 7.43. The zero-order valence-corrected chi connectivity index (χ0v) is 23.5. The molecule has 0 bridgehead atoms. The Morgan fingerprint density at radius 1 is 1.05 bits per heavy atom. The van der Waals surface area contributed by atoms with Gasteiger partial charge in [-0.05, 0) is 17.5 Å². The van der Waals surface area contributed by atoms with Crippen LogP contribution in [0.1, 0.15) is 42.7 Å². The smallest absolute Gasteiger partial charge is 0.407 e. The summed E-state index contributed by atoms with van der Waals surface area (Å²) >= 11 is 0. The van der Waals surface area contributed by atoms with E-state index in [0.717, 1.165) is 16.0 Å². The predicted octanol–water partition coefficient (Wildman–Crippen LogP) is -0.0473. The van der Waals surface area contributed by atoms with Crippen molar-refractivity contribution < 1.29 is 24.2 Å². The third-order valence-corrected chi connectivity index (χ3v) is 9.52. The molecule has 1 spiro atoms. The molecular weight excluding hydrogens is 552 g/mol. The number of carbonyl (C=O) groups excluding carboxylic acids is 3. The molecule has 2 aromatic carbocycles. The second kappa shape index (κ2) is 9.69. The molecule has 5 aliphatic rings. The van der Waals surface area contributed by atoms with E-state index in [1.807, 2.05) is 36.4 Å². The number of ether oxygens (including phenoxy) is 1. The van der Waals surface area contributed by atoms with Crippen molar-refractivity contribution in [2.45, 2.75) is 60.5 Å². The van der Waals surface area contributed by atoms with Crippen molar-refractivity contribution in [1.82, 2.24) is 20.4 Å². The largest absolute Gasteiger partial charge is 0.438 e. The van der Waals surface area contributed by atoms with Crippen LogP contribution in [0.2, 0.25) is 0 Å². The Balaban J connectivity index is 1.06. The molecule has 7 rings (SSSR count). The van der Waals surface area contributed by atoms with E-state index < -0.39 is 35.0 Å². The number of aliphatic imine (C=N–C) groups is 2. The standard InChI is InChI=1S/C30H34N8O5/c31-25-35-24-21(15-37-22(39)11-12-23(37)40)34-26(32)38-17-28(16-29(28,42)30(24,38)36-25)43-27(41)33-14-13-20(18-7-3-1-4-8-18)19-9-5-2-6-10-19/h1-10,20-21,24,42H,11-17H2,(H2,32,34)(H,33,41)(H3,31,35,36)/t21-,24?,28-,29+,30?/m0/s1. The number of benzene rings is 2. The molecule has 13 nitrogen and oxygen atoms in total. The normalized spacial score (nSPS) is 32.0. The second-order valence-corrected chi connectivity index (χ2v) is 11.9. The summed E-state index contributed by atoms with van der Waals surface area (Å²) in [4.78, 5) is 49.7. The van der Waals surface area contributed by atoms with E-state index in [2.05, 4.69) is 44.9 Å². The number of nitrogens with one attached hydrogen (secondary N) is 2. The summed E-state index contributed by atoms with van der Waals surface area (Å²) in [6.45, 7) is 0.381. The van der Waals surface area contributed by atoms with Gasteiger partial charge in [-0.2, -0.15) is 0 Å². The van der Waals surface area contributed by atoms with E-state index in [4.69, 9.17) is 16.2 Å². The molecule has 3 amide bonds. The van der Waals surface area contributed by atoms with E-state index in [9.17, 15) is 19.5 Å². The van der Waals surface area contributed by atoms with Gasteiger partial charge in [-0.1, -0.05) is 60.7 Å². The zero-order valence-electron chi connectivity index (χ0n) is 23.5. The molecule has 5 atom stereocenters. The molecule has 224 valence electrons. The molecule has 2 saturated heterocycles. The van der Waals surface area contributed by atoms with E-state index in [-0.39, 0.29) is 62.0 Å². The highest BCUT2D eigenvalue weighted by atomic mass is 16.6. The maximum Gasteiger partial charge on any atom is 0.407 e. The molecule has 3 fully saturated rings. The first-order chi connectivity index (χ1) is 20.7. The minimum absolute atomic E-state index is 0.0362. The molecule has 4 aliphatic heterocycles. The first kappa shape index (κ1) is 27.2. The number of nitrogens with zero attached hydrogens (tertiary/aromatic N) is 4. The summed E-state index contributed by atoms with van der Waals surface area (Å²) in [6, 6.07) is 18.7. The van der Waals surface area contributed by atoms with Crippen molar-refractivity contribution in [3.8, 4) is 0 Å². The molecule has 43 heavy (non-hydrogen) atoms. The highest BCUT2D eigenvalue weighted by Gasteiger charge is 2.90. The van der Waals surface area contributed by atoms with Crippen molar-refractivity contribution >= 4 is 29.8 Å². The Labute approximate surface area is 248 Å². The number of carbonyl (C=O) groups is 3. The molecule has 13 heteroatoms. The number of aliphatic hydroxyl groups is 1. The third kappa shape index (κ3) is 4.05. The second-order valence-electron chi connectivity index (χ2n) is 11.9. The van der Waals surface area contributed by atoms with Crippen LogP contribution in [0.5, 0.6) is 0 Å². The number of hydrogen-bond acceptors (Lipinski definition) is 11. The first-order valence-electron chi connectivity index (χ1n) is 14.5. The van der Waals surface area contributed by atoms with Crippen LogP contribution in [-0.2, 0) is 14.3 Å². The maximum atomic E-state index is 13.2. The Kier molecular flexibility index (Phi) is 6.13. The average molecular weight is 587 g/mol. The SMILES string of the molecule is NC1=NC2[C@H](CN3C(=O)CCC3=O)N=C(N)N3C[C@@]4(OC(=O)NCCC(c5ccccc5)c5ccccc5)C[C@]4(O)C23N1. The molecular formula is C30H34N8O5. The number of nitrogens with two attached hydrogens (primary N) is 2. The van der Waals surface area contributed by atoms with E-state index in [1.165, 1.54) is 0 Å². The maximum absolute atomic E-state index is 13.2. The fraction of sp³-hybridized carbons (Fsp3) is 0.433.